The Labute approximate surface area is 165 Å². The molecule has 1 heterocycles. The van der Waals surface area contributed by atoms with E-state index in [2.05, 4.69) is 34.9 Å². The van der Waals surface area contributed by atoms with E-state index in [0.29, 0.717) is 30.3 Å². The van der Waals surface area contributed by atoms with Gasteiger partial charge < -0.3 is 10.2 Å². The number of aryl methyl sites for hydroxylation is 1. The fourth-order valence-electron chi connectivity index (χ4n) is 2.75. The fourth-order valence-corrected chi connectivity index (χ4v) is 5.17. The molecule has 0 spiro atoms. The van der Waals surface area contributed by atoms with Gasteiger partial charge in [-0.15, -0.1) is 11.3 Å². The molecular weight excluding hydrogens is 382 g/mol. The second-order valence-corrected chi connectivity index (χ2v) is 9.38. The number of carbonyl (C=O) groups excluding carboxylic acids is 1. The summed E-state index contributed by atoms with van der Waals surface area (Å²) in [4.78, 5) is 14.0. The van der Waals surface area contributed by atoms with Crippen molar-refractivity contribution in [2.24, 2.45) is 0 Å². The highest BCUT2D eigenvalue weighted by molar-refractivity contribution is 7.91. The van der Waals surface area contributed by atoms with E-state index in [0.717, 1.165) is 17.1 Å². The van der Waals surface area contributed by atoms with Gasteiger partial charge in [0.2, 0.25) is 15.9 Å². The molecular formula is C19H27N3O3S2. The highest BCUT2D eigenvalue weighted by Gasteiger charge is 2.17. The fraction of sp³-hybridized carbons (Fsp3) is 0.421. The summed E-state index contributed by atoms with van der Waals surface area (Å²) in [5.41, 5.74) is 2.29. The van der Waals surface area contributed by atoms with Gasteiger partial charge in [0, 0.05) is 43.7 Å². The summed E-state index contributed by atoms with van der Waals surface area (Å²) in [7, 11) is -3.52. The van der Waals surface area contributed by atoms with Gasteiger partial charge in [0.1, 0.15) is 4.21 Å². The molecule has 0 unspecified atom stereocenters. The number of nitrogens with one attached hydrogen (secondary N) is 2. The lowest BCUT2D eigenvalue weighted by Gasteiger charge is -2.25. The Balaban J connectivity index is 1.91. The third-order valence-corrected chi connectivity index (χ3v) is 7.26. The maximum absolute atomic E-state index is 12.5. The van der Waals surface area contributed by atoms with Crippen molar-refractivity contribution >= 4 is 33.0 Å². The molecule has 1 aromatic carbocycles. The van der Waals surface area contributed by atoms with Gasteiger partial charge in [-0.25, -0.2) is 13.1 Å². The number of hydrogen-bond donors (Lipinski definition) is 2. The SMILES string of the molecule is CCN(CCNS(=O)(=O)c1ccc(CCNC(C)=O)s1)c1ccccc1C. The van der Waals surface area contributed by atoms with Crippen LogP contribution in [0.15, 0.2) is 40.6 Å². The molecule has 8 heteroatoms. The lowest BCUT2D eigenvalue weighted by Crippen LogP contribution is -2.35. The molecule has 0 aliphatic rings. The van der Waals surface area contributed by atoms with Crippen LogP contribution < -0.4 is 14.9 Å². The van der Waals surface area contributed by atoms with Crippen molar-refractivity contribution in [2.75, 3.05) is 31.1 Å². The molecule has 0 bridgehead atoms. The molecule has 0 fully saturated rings. The summed E-state index contributed by atoms with van der Waals surface area (Å²) in [5, 5.41) is 2.71. The van der Waals surface area contributed by atoms with E-state index < -0.39 is 10.0 Å². The van der Waals surface area contributed by atoms with E-state index in [-0.39, 0.29) is 5.91 Å². The average Bonchev–Trinajstić information content (AvgIpc) is 3.09. The monoisotopic (exact) mass is 409 g/mol. The van der Waals surface area contributed by atoms with E-state index in [1.807, 2.05) is 18.2 Å². The molecule has 1 amide bonds. The minimum Gasteiger partial charge on any atom is -0.370 e. The molecule has 6 nitrogen and oxygen atoms in total. The number of anilines is 1. The maximum Gasteiger partial charge on any atom is 0.250 e. The minimum absolute atomic E-state index is 0.0878. The number of sulfonamides is 1. The first-order valence-corrected chi connectivity index (χ1v) is 11.3. The number of benzene rings is 1. The quantitative estimate of drug-likeness (QED) is 0.632. The summed E-state index contributed by atoms with van der Waals surface area (Å²) < 4.78 is 28.0. The van der Waals surface area contributed by atoms with Crippen molar-refractivity contribution in [1.82, 2.24) is 10.0 Å². The molecule has 0 aliphatic carbocycles. The molecule has 27 heavy (non-hydrogen) atoms. The smallest absolute Gasteiger partial charge is 0.250 e. The van der Waals surface area contributed by atoms with Crippen molar-refractivity contribution in [1.29, 1.82) is 0 Å². The Morgan fingerprint density at radius 1 is 1.15 bits per heavy atom. The zero-order valence-corrected chi connectivity index (χ0v) is 17.6. The molecule has 0 saturated carbocycles. The molecule has 1 aromatic heterocycles. The lowest BCUT2D eigenvalue weighted by atomic mass is 10.2. The Hall–Kier alpha value is -1.90. The van der Waals surface area contributed by atoms with Crippen molar-refractivity contribution in [2.45, 2.75) is 31.4 Å². The van der Waals surface area contributed by atoms with Crippen LogP contribution in [-0.4, -0.2) is 40.5 Å². The Kier molecular flexibility index (Phi) is 7.82. The predicted molar refractivity (Wildman–Crippen MR) is 111 cm³/mol. The van der Waals surface area contributed by atoms with Crippen LogP contribution in [0.2, 0.25) is 0 Å². The van der Waals surface area contributed by atoms with Crippen LogP contribution in [0.5, 0.6) is 0 Å². The van der Waals surface area contributed by atoms with Crippen LogP contribution in [0.4, 0.5) is 5.69 Å². The number of rotatable bonds is 10. The maximum atomic E-state index is 12.5. The summed E-state index contributed by atoms with van der Waals surface area (Å²) in [6.07, 6.45) is 0.622. The normalized spacial score (nSPS) is 11.4. The topological polar surface area (TPSA) is 78.5 Å². The first-order valence-electron chi connectivity index (χ1n) is 8.97. The number of amides is 1. The van der Waals surface area contributed by atoms with E-state index in [4.69, 9.17) is 0 Å². The van der Waals surface area contributed by atoms with E-state index in [1.165, 1.54) is 23.8 Å². The van der Waals surface area contributed by atoms with Gasteiger partial charge in [-0.05, 0) is 44.0 Å². The second-order valence-electron chi connectivity index (χ2n) is 6.22. The molecule has 0 aliphatic heterocycles. The Morgan fingerprint density at radius 3 is 2.56 bits per heavy atom. The van der Waals surface area contributed by atoms with Crippen LogP contribution in [0.25, 0.3) is 0 Å². The van der Waals surface area contributed by atoms with Crippen molar-refractivity contribution < 1.29 is 13.2 Å². The summed E-state index contributed by atoms with van der Waals surface area (Å²) >= 11 is 1.24. The average molecular weight is 410 g/mol. The molecule has 2 aromatic rings. The van der Waals surface area contributed by atoms with E-state index in [9.17, 15) is 13.2 Å². The van der Waals surface area contributed by atoms with Gasteiger partial charge in [-0.2, -0.15) is 0 Å². The number of thiophene rings is 1. The zero-order valence-electron chi connectivity index (χ0n) is 16.0. The van der Waals surface area contributed by atoms with Gasteiger partial charge in [-0.1, -0.05) is 18.2 Å². The molecule has 148 valence electrons. The number of carbonyl (C=O) groups is 1. The third-order valence-electron chi connectivity index (χ3n) is 4.16. The minimum atomic E-state index is -3.52. The van der Waals surface area contributed by atoms with Crippen molar-refractivity contribution in [3.05, 3.63) is 46.8 Å². The molecule has 0 saturated heterocycles. The van der Waals surface area contributed by atoms with Gasteiger partial charge in [0.05, 0.1) is 0 Å². The Morgan fingerprint density at radius 2 is 1.89 bits per heavy atom. The molecule has 2 N–H and O–H groups in total. The standard InChI is InChI=1S/C19H27N3O3S2/c1-4-22(18-8-6-5-7-15(18)2)14-13-21-27(24,25)19-10-9-17(26-19)11-12-20-16(3)23/h5-10,21H,4,11-14H2,1-3H3,(H,20,23). The predicted octanol–water partition coefficient (Wildman–Crippen LogP) is 2.54. The van der Waals surface area contributed by atoms with Crippen molar-refractivity contribution in [3.63, 3.8) is 0 Å². The number of para-hydroxylation sites is 1. The van der Waals surface area contributed by atoms with Gasteiger partial charge >= 0.3 is 0 Å². The van der Waals surface area contributed by atoms with Crippen LogP contribution in [0, 0.1) is 6.92 Å². The summed E-state index contributed by atoms with van der Waals surface area (Å²) in [6.45, 7) is 7.82. The number of nitrogens with zero attached hydrogens (tertiary/aromatic N) is 1. The third kappa shape index (κ3) is 6.34. The molecule has 0 atom stereocenters. The molecule has 2 rings (SSSR count). The van der Waals surface area contributed by atoms with Gasteiger partial charge in [0.25, 0.3) is 0 Å². The Bertz CT molecular complexity index is 863. The van der Waals surface area contributed by atoms with Gasteiger partial charge in [0.15, 0.2) is 0 Å². The zero-order chi connectivity index (χ0) is 19.9. The lowest BCUT2D eigenvalue weighted by molar-refractivity contribution is -0.118. The number of likely N-dealkylation sites (N-methyl/N-ethyl adjacent to an activating group) is 1. The van der Waals surface area contributed by atoms with Crippen molar-refractivity contribution in [3.8, 4) is 0 Å². The van der Waals surface area contributed by atoms with E-state index in [1.54, 1.807) is 12.1 Å². The summed E-state index contributed by atoms with van der Waals surface area (Å²) in [6, 6.07) is 11.5. The first kappa shape index (κ1) is 21.4. The summed E-state index contributed by atoms with van der Waals surface area (Å²) in [5.74, 6) is -0.0878. The highest BCUT2D eigenvalue weighted by atomic mass is 32.2. The van der Waals surface area contributed by atoms with Crippen LogP contribution in [-0.2, 0) is 21.2 Å². The van der Waals surface area contributed by atoms with Gasteiger partial charge in [-0.3, -0.25) is 4.79 Å². The van der Waals surface area contributed by atoms with Crippen LogP contribution in [0.1, 0.15) is 24.3 Å². The second kappa shape index (κ2) is 9.87. The first-order chi connectivity index (χ1) is 12.8. The highest BCUT2D eigenvalue weighted by Crippen LogP contribution is 2.22. The molecule has 0 radical (unpaired) electrons. The van der Waals surface area contributed by atoms with Crippen LogP contribution >= 0.6 is 11.3 Å². The largest absolute Gasteiger partial charge is 0.370 e. The van der Waals surface area contributed by atoms with E-state index >= 15 is 0 Å². The van der Waals surface area contributed by atoms with Crippen LogP contribution in [0.3, 0.4) is 0 Å². The number of hydrogen-bond acceptors (Lipinski definition) is 5.